The molecule has 0 aromatic heterocycles. The quantitative estimate of drug-likeness (QED) is 0.385. The van der Waals surface area contributed by atoms with Crippen LogP contribution in [0.3, 0.4) is 0 Å². The molecule has 1 aliphatic heterocycles. The molecule has 8 nitrogen and oxygen atoms in total. The molecule has 2 fully saturated rings. The average Bonchev–Trinajstić information content (AvgIpc) is 2.45. The molecule has 1 aliphatic carbocycles. The van der Waals surface area contributed by atoms with E-state index in [2.05, 4.69) is 0 Å². The number of ether oxygens (including phenoxy) is 3. The SMILES string of the molecule is COC1C(N)CC(N)C(OC2OC(CN)CCC2N)C1O. The summed E-state index contributed by atoms with van der Waals surface area (Å²) in [5.74, 6) is 0. The van der Waals surface area contributed by atoms with Crippen LogP contribution in [0.4, 0.5) is 0 Å². The second-order valence-electron chi connectivity index (χ2n) is 5.96. The molecule has 2 aliphatic rings. The van der Waals surface area contributed by atoms with E-state index in [9.17, 15) is 5.11 Å². The summed E-state index contributed by atoms with van der Waals surface area (Å²) in [6, 6.07) is -0.975. The molecule has 8 heteroatoms. The second kappa shape index (κ2) is 7.30. The molecule has 0 radical (unpaired) electrons. The Hall–Kier alpha value is -0.320. The first kappa shape index (κ1) is 17.0. The lowest BCUT2D eigenvalue weighted by Gasteiger charge is -2.44. The van der Waals surface area contributed by atoms with Gasteiger partial charge in [0.15, 0.2) is 6.29 Å². The van der Waals surface area contributed by atoms with Crippen LogP contribution in [0.2, 0.25) is 0 Å². The number of hydrogen-bond acceptors (Lipinski definition) is 8. The van der Waals surface area contributed by atoms with Gasteiger partial charge in [0.05, 0.1) is 12.1 Å². The maximum absolute atomic E-state index is 10.4. The molecular weight excluding hydrogens is 276 g/mol. The molecule has 1 heterocycles. The zero-order valence-corrected chi connectivity index (χ0v) is 12.4. The fraction of sp³-hybridized carbons (Fsp3) is 1.00. The van der Waals surface area contributed by atoms with Crippen molar-refractivity contribution in [1.29, 1.82) is 0 Å². The van der Waals surface area contributed by atoms with Crippen molar-refractivity contribution in [2.45, 2.75) is 68.1 Å². The van der Waals surface area contributed by atoms with Gasteiger partial charge in [-0.25, -0.2) is 0 Å². The van der Waals surface area contributed by atoms with Crippen LogP contribution < -0.4 is 22.9 Å². The predicted octanol–water partition coefficient (Wildman–Crippen LogP) is -2.40. The van der Waals surface area contributed by atoms with Crippen molar-refractivity contribution in [1.82, 2.24) is 0 Å². The summed E-state index contributed by atoms with van der Waals surface area (Å²) >= 11 is 0. The third-order valence-corrected chi connectivity index (χ3v) is 4.39. The Morgan fingerprint density at radius 1 is 1.10 bits per heavy atom. The van der Waals surface area contributed by atoms with E-state index in [0.717, 1.165) is 12.8 Å². The molecule has 1 saturated carbocycles. The maximum Gasteiger partial charge on any atom is 0.173 e. The summed E-state index contributed by atoms with van der Waals surface area (Å²) < 4.78 is 16.9. The smallest absolute Gasteiger partial charge is 0.173 e. The van der Waals surface area contributed by atoms with Gasteiger partial charge in [0, 0.05) is 25.7 Å². The monoisotopic (exact) mass is 304 g/mol. The first-order valence-corrected chi connectivity index (χ1v) is 7.46. The standard InChI is InChI=1S/C13H28N4O4/c1-19-11-8(16)4-9(17)12(10(11)18)21-13-7(15)3-2-6(5-14)20-13/h6-13,18H,2-5,14-17H2,1H3. The summed E-state index contributed by atoms with van der Waals surface area (Å²) in [6.07, 6.45) is -0.676. The molecule has 0 amide bonds. The van der Waals surface area contributed by atoms with E-state index in [-0.39, 0.29) is 18.2 Å². The molecular formula is C13H28N4O4. The minimum Gasteiger partial charge on any atom is -0.388 e. The summed E-state index contributed by atoms with van der Waals surface area (Å²) in [5.41, 5.74) is 23.7. The van der Waals surface area contributed by atoms with Gasteiger partial charge in [-0.1, -0.05) is 0 Å². The van der Waals surface area contributed by atoms with E-state index in [0.29, 0.717) is 13.0 Å². The van der Waals surface area contributed by atoms with E-state index in [1.807, 2.05) is 0 Å². The third kappa shape index (κ3) is 3.72. The largest absolute Gasteiger partial charge is 0.388 e. The second-order valence-corrected chi connectivity index (χ2v) is 5.96. The fourth-order valence-corrected chi connectivity index (χ4v) is 3.11. The van der Waals surface area contributed by atoms with Crippen molar-refractivity contribution in [2.75, 3.05) is 13.7 Å². The van der Waals surface area contributed by atoms with Crippen molar-refractivity contribution >= 4 is 0 Å². The Bertz CT molecular complexity index is 335. The Balaban J connectivity index is 2.02. The fourth-order valence-electron chi connectivity index (χ4n) is 3.11. The first-order valence-electron chi connectivity index (χ1n) is 7.46. The topological polar surface area (TPSA) is 152 Å². The molecule has 0 spiro atoms. The van der Waals surface area contributed by atoms with Crippen molar-refractivity contribution in [3.8, 4) is 0 Å². The lowest BCUT2D eigenvalue weighted by molar-refractivity contribution is -0.253. The summed E-state index contributed by atoms with van der Waals surface area (Å²) in [6.45, 7) is 0.414. The number of nitrogens with two attached hydrogens (primary N) is 4. The van der Waals surface area contributed by atoms with E-state index < -0.39 is 30.6 Å². The van der Waals surface area contributed by atoms with Crippen molar-refractivity contribution in [3.63, 3.8) is 0 Å². The lowest BCUT2D eigenvalue weighted by atomic mass is 9.84. The van der Waals surface area contributed by atoms with Crippen molar-refractivity contribution < 1.29 is 19.3 Å². The molecule has 1 saturated heterocycles. The summed E-state index contributed by atoms with van der Waals surface area (Å²) in [5, 5.41) is 10.4. The Morgan fingerprint density at radius 2 is 1.76 bits per heavy atom. The number of aliphatic hydroxyl groups excluding tert-OH is 1. The minimum atomic E-state index is -0.914. The Kier molecular flexibility index (Phi) is 5.92. The van der Waals surface area contributed by atoms with E-state index in [1.165, 1.54) is 7.11 Å². The number of hydrogen-bond donors (Lipinski definition) is 5. The van der Waals surface area contributed by atoms with Crippen LogP contribution in [0.1, 0.15) is 19.3 Å². The molecule has 8 unspecified atom stereocenters. The van der Waals surface area contributed by atoms with Gasteiger partial charge >= 0.3 is 0 Å². The van der Waals surface area contributed by atoms with Crippen LogP contribution in [0, 0.1) is 0 Å². The van der Waals surface area contributed by atoms with Crippen LogP contribution in [-0.4, -0.2) is 67.6 Å². The van der Waals surface area contributed by atoms with Crippen molar-refractivity contribution in [2.24, 2.45) is 22.9 Å². The molecule has 0 bridgehead atoms. The zero-order chi connectivity index (χ0) is 15.6. The summed E-state index contributed by atoms with van der Waals surface area (Å²) in [7, 11) is 1.51. The first-order chi connectivity index (χ1) is 9.97. The van der Waals surface area contributed by atoms with Gasteiger partial charge in [-0.05, 0) is 19.3 Å². The Morgan fingerprint density at radius 3 is 2.38 bits per heavy atom. The maximum atomic E-state index is 10.4. The van der Waals surface area contributed by atoms with Crippen molar-refractivity contribution in [3.05, 3.63) is 0 Å². The van der Waals surface area contributed by atoms with Gasteiger partial charge in [0.25, 0.3) is 0 Å². The van der Waals surface area contributed by atoms with E-state index in [4.69, 9.17) is 37.1 Å². The van der Waals surface area contributed by atoms with Gasteiger partial charge in [-0.2, -0.15) is 0 Å². The highest BCUT2D eigenvalue weighted by molar-refractivity contribution is 4.99. The lowest BCUT2D eigenvalue weighted by Crippen LogP contribution is -2.64. The molecule has 9 N–H and O–H groups in total. The molecule has 0 aromatic rings. The van der Waals surface area contributed by atoms with Crippen LogP contribution in [0.5, 0.6) is 0 Å². The van der Waals surface area contributed by atoms with E-state index in [1.54, 1.807) is 0 Å². The van der Waals surface area contributed by atoms with Gasteiger partial charge in [-0.15, -0.1) is 0 Å². The summed E-state index contributed by atoms with van der Waals surface area (Å²) in [4.78, 5) is 0. The van der Waals surface area contributed by atoms with Crippen LogP contribution in [0.25, 0.3) is 0 Å². The van der Waals surface area contributed by atoms with Gasteiger partial charge in [-0.3, -0.25) is 0 Å². The highest BCUT2D eigenvalue weighted by Gasteiger charge is 2.44. The number of aliphatic hydroxyl groups is 1. The molecule has 21 heavy (non-hydrogen) atoms. The van der Waals surface area contributed by atoms with Gasteiger partial charge < -0.3 is 42.3 Å². The molecule has 124 valence electrons. The molecule has 8 atom stereocenters. The van der Waals surface area contributed by atoms with Crippen LogP contribution in [0.15, 0.2) is 0 Å². The van der Waals surface area contributed by atoms with Gasteiger partial charge in [0.1, 0.15) is 18.3 Å². The normalized spacial score (nSPS) is 48.3. The predicted molar refractivity (Wildman–Crippen MR) is 77.2 cm³/mol. The Labute approximate surface area is 125 Å². The minimum absolute atomic E-state index is 0.0766. The van der Waals surface area contributed by atoms with E-state index >= 15 is 0 Å². The van der Waals surface area contributed by atoms with Crippen LogP contribution in [-0.2, 0) is 14.2 Å². The number of methoxy groups -OCH3 is 1. The highest BCUT2D eigenvalue weighted by atomic mass is 16.7. The van der Waals surface area contributed by atoms with Gasteiger partial charge in [0.2, 0.25) is 0 Å². The average molecular weight is 304 g/mol. The molecule has 0 aromatic carbocycles. The number of rotatable bonds is 4. The third-order valence-electron chi connectivity index (χ3n) is 4.39. The molecule has 2 rings (SSSR count). The highest BCUT2D eigenvalue weighted by Crippen LogP contribution is 2.27. The zero-order valence-electron chi connectivity index (χ0n) is 12.4. The van der Waals surface area contributed by atoms with Crippen LogP contribution >= 0.6 is 0 Å².